The van der Waals surface area contributed by atoms with Gasteiger partial charge in [-0.1, -0.05) is 163 Å². The van der Waals surface area contributed by atoms with Crippen molar-refractivity contribution in [2.45, 2.75) is 23.5 Å². The number of thiophene rings is 1. The van der Waals surface area contributed by atoms with Crippen LogP contribution in [0.15, 0.2) is 197 Å². The van der Waals surface area contributed by atoms with E-state index < -0.39 is 0 Å². The Labute approximate surface area is 342 Å². The lowest BCUT2D eigenvalue weighted by atomic mass is 9.86. The zero-order chi connectivity index (χ0) is 38.7. The van der Waals surface area contributed by atoms with Crippen LogP contribution >= 0.6 is 23.1 Å². The molecule has 5 heteroatoms. The Bertz CT molecular complexity index is 2870. The number of thioether (sulfide) groups is 1. The highest BCUT2D eigenvalue weighted by Crippen LogP contribution is 2.53. The lowest BCUT2D eigenvalue weighted by molar-refractivity contribution is 1.09. The number of benzene rings is 7. The number of aliphatic imine (C=N–C) groups is 2. The van der Waals surface area contributed by atoms with Crippen LogP contribution in [0.4, 0.5) is 0 Å². The van der Waals surface area contributed by atoms with Gasteiger partial charge in [0.2, 0.25) is 0 Å². The van der Waals surface area contributed by atoms with E-state index in [4.69, 9.17) is 4.99 Å². The van der Waals surface area contributed by atoms with E-state index in [0.717, 1.165) is 44.1 Å². The molecule has 274 valence electrons. The second-order valence-corrected chi connectivity index (χ2v) is 16.4. The summed E-state index contributed by atoms with van der Waals surface area (Å²) in [5.41, 5.74) is 12.8. The molecule has 3 nitrogen and oxygen atoms in total. The quantitative estimate of drug-likeness (QED) is 0.138. The van der Waals surface area contributed by atoms with Crippen molar-refractivity contribution < 1.29 is 0 Å². The van der Waals surface area contributed by atoms with Crippen molar-refractivity contribution in [1.82, 2.24) is 0 Å². The van der Waals surface area contributed by atoms with Gasteiger partial charge in [0, 0.05) is 47.0 Å². The Kier molecular flexibility index (Phi) is 10.2. The number of fused-ring (bicyclic) bond motifs is 6. The third-order valence-electron chi connectivity index (χ3n) is 10.5. The minimum Gasteiger partial charge on any atom is -0.282 e. The maximum atomic E-state index is 9.47. The lowest BCUT2D eigenvalue weighted by Crippen LogP contribution is -2.06. The summed E-state index contributed by atoms with van der Waals surface area (Å²) < 4.78 is 2.36. The highest BCUT2D eigenvalue weighted by Gasteiger charge is 2.32. The van der Waals surface area contributed by atoms with Gasteiger partial charge in [-0.05, 0) is 83.3 Å². The van der Waals surface area contributed by atoms with Gasteiger partial charge in [-0.25, -0.2) is 9.98 Å². The Morgan fingerprint density at radius 2 is 1.30 bits per heavy atom. The molecule has 0 saturated carbocycles. The maximum absolute atomic E-state index is 9.47. The summed E-state index contributed by atoms with van der Waals surface area (Å²) >= 11 is 3.79. The zero-order valence-corrected chi connectivity index (χ0v) is 33.2. The van der Waals surface area contributed by atoms with Crippen LogP contribution in [-0.4, -0.2) is 23.6 Å². The van der Waals surface area contributed by atoms with E-state index >= 15 is 0 Å². The number of allylic oxidation sites excluding steroid dienone is 3. The molecule has 1 aliphatic carbocycles. The summed E-state index contributed by atoms with van der Waals surface area (Å²) in [4.78, 5) is 10.4. The Morgan fingerprint density at radius 1 is 0.649 bits per heavy atom. The van der Waals surface area contributed by atoms with Crippen LogP contribution in [0, 0.1) is 12.3 Å². The van der Waals surface area contributed by atoms with E-state index in [2.05, 4.69) is 152 Å². The molecular formula is C52H39N3S2. The van der Waals surface area contributed by atoms with Crippen LogP contribution < -0.4 is 0 Å². The fourth-order valence-electron chi connectivity index (χ4n) is 7.80. The van der Waals surface area contributed by atoms with Gasteiger partial charge in [0.15, 0.2) is 11.7 Å². The van der Waals surface area contributed by atoms with E-state index in [0.29, 0.717) is 11.1 Å². The molecule has 7 aromatic carbocycles. The largest absolute Gasteiger partial charge is 0.282 e. The minimum atomic E-state index is 0.162. The summed E-state index contributed by atoms with van der Waals surface area (Å²) in [5.74, 6) is 0.597. The summed E-state index contributed by atoms with van der Waals surface area (Å²) in [7, 11) is 0. The van der Waals surface area contributed by atoms with E-state index in [9.17, 15) is 5.41 Å². The molecule has 1 N–H and O–H groups in total. The van der Waals surface area contributed by atoms with Gasteiger partial charge in [0.1, 0.15) is 0 Å². The van der Waals surface area contributed by atoms with Gasteiger partial charge in [0.25, 0.3) is 0 Å². The maximum Gasteiger partial charge on any atom is 0.161 e. The standard InChI is InChI=1S/C45H31N3S2.C7H8/c1-47-45(30-18-9-4-10-19-30)48-44(46)35-25-24-33(32-21-13-23-39-40(32)34-20-11-12-22-38(34)49-39)43-41(35)37-27-31(28-14-5-2-6-15-28)26-36(42(37)50-43)29-16-7-3-8-17-29;1-7-5-3-2-4-6-7/h2-22,24-27,39,46H,1,23H2;2-6H,1H3. The molecule has 0 amide bonds. The molecule has 1 aliphatic heterocycles. The van der Waals surface area contributed by atoms with Gasteiger partial charge in [0.05, 0.1) is 0 Å². The van der Waals surface area contributed by atoms with E-state index in [1.807, 2.05) is 71.6 Å². The summed E-state index contributed by atoms with van der Waals surface area (Å²) in [5, 5.41) is 12.0. The van der Waals surface area contributed by atoms with Crippen molar-refractivity contribution in [2.75, 3.05) is 0 Å². The Balaban J connectivity index is 0.000000548. The molecule has 8 aromatic rings. The number of nitrogens with one attached hydrogen (secondary N) is 1. The molecule has 0 fully saturated rings. The van der Waals surface area contributed by atoms with Crippen molar-refractivity contribution in [3.63, 3.8) is 0 Å². The summed E-state index contributed by atoms with van der Waals surface area (Å²) in [6, 6.07) is 59.0. The van der Waals surface area contributed by atoms with Crippen LogP contribution in [0.1, 0.15) is 34.2 Å². The van der Waals surface area contributed by atoms with Gasteiger partial charge in [-0.3, -0.25) is 5.41 Å². The molecular weight excluding hydrogens is 731 g/mol. The molecule has 57 heavy (non-hydrogen) atoms. The molecule has 1 unspecified atom stereocenters. The van der Waals surface area contributed by atoms with Crippen LogP contribution in [0.3, 0.4) is 0 Å². The number of nitrogens with zero attached hydrogens (tertiary/aromatic N) is 2. The molecule has 0 radical (unpaired) electrons. The predicted molar refractivity (Wildman–Crippen MR) is 247 cm³/mol. The monoisotopic (exact) mass is 769 g/mol. The van der Waals surface area contributed by atoms with Crippen LogP contribution in [-0.2, 0) is 0 Å². The van der Waals surface area contributed by atoms with Crippen molar-refractivity contribution in [1.29, 1.82) is 5.41 Å². The second-order valence-electron chi connectivity index (χ2n) is 14.1. The van der Waals surface area contributed by atoms with E-state index in [-0.39, 0.29) is 5.84 Å². The van der Waals surface area contributed by atoms with Crippen LogP contribution in [0.2, 0.25) is 0 Å². The van der Waals surface area contributed by atoms with Gasteiger partial charge in [-0.2, -0.15) is 0 Å². The van der Waals surface area contributed by atoms with Crippen LogP contribution in [0.25, 0.3) is 53.6 Å². The summed E-state index contributed by atoms with van der Waals surface area (Å²) in [6.07, 6.45) is 5.66. The highest BCUT2D eigenvalue weighted by atomic mass is 32.2. The first-order valence-electron chi connectivity index (χ1n) is 19.1. The predicted octanol–water partition coefficient (Wildman–Crippen LogP) is 14.2. The number of amidine groups is 2. The first-order valence-corrected chi connectivity index (χ1v) is 20.8. The van der Waals surface area contributed by atoms with Gasteiger partial charge < -0.3 is 0 Å². The van der Waals surface area contributed by atoms with Gasteiger partial charge >= 0.3 is 0 Å². The van der Waals surface area contributed by atoms with E-state index in [1.165, 1.54) is 48.6 Å². The number of rotatable bonds is 5. The molecule has 10 rings (SSSR count). The second kappa shape index (κ2) is 16.0. The Hall–Kier alpha value is -6.40. The number of aryl methyl sites for hydroxylation is 1. The Morgan fingerprint density at radius 3 is 1.98 bits per heavy atom. The number of hydrogen-bond acceptors (Lipinski definition) is 3. The third kappa shape index (κ3) is 7.12. The first-order chi connectivity index (χ1) is 28.1. The molecule has 2 aliphatic rings. The minimum absolute atomic E-state index is 0.162. The molecule has 0 spiro atoms. The third-order valence-corrected chi connectivity index (χ3v) is 13.1. The molecule has 1 aromatic heterocycles. The van der Waals surface area contributed by atoms with Crippen molar-refractivity contribution in [2.24, 2.45) is 9.98 Å². The molecule has 1 atom stereocenters. The van der Waals surface area contributed by atoms with Gasteiger partial charge in [-0.15, -0.1) is 23.1 Å². The molecule has 0 saturated heterocycles. The fraction of sp³-hybridized carbons (Fsp3) is 0.0577. The molecule has 0 bridgehead atoms. The van der Waals surface area contributed by atoms with Crippen molar-refractivity contribution >= 4 is 72.8 Å². The lowest BCUT2D eigenvalue weighted by Gasteiger charge is -2.20. The topological polar surface area (TPSA) is 48.6 Å². The van der Waals surface area contributed by atoms with Crippen LogP contribution in [0.5, 0.6) is 0 Å². The average molecular weight is 770 g/mol. The fourth-order valence-corrected chi connectivity index (χ4v) is 10.5. The van der Waals surface area contributed by atoms with Crippen molar-refractivity contribution in [3.05, 3.63) is 210 Å². The summed E-state index contributed by atoms with van der Waals surface area (Å²) in [6.45, 7) is 5.89. The average Bonchev–Trinajstić information content (AvgIpc) is 3.86. The highest BCUT2D eigenvalue weighted by molar-refractivity contribution is 8.00. The normalized spacial score (nSPS) is 14.5. The number of hydrogen-bond donors (Lipinski definition) is 1. The van der Waals surface area contributed by atoms with Crippen molar-refractivity contribution in [3.8, 4) is 22.3 Å². The first kappa shape index (κ1) is 36.3. The van der Waals surface area contributed by atoms with E-state index in [1.54, 1.807) is 0 Å². The SMILES string of the molecule is C=NC(=NC(=N)c1ccc(C2=C3c4ccccc4SC3CC=C2)c2sc3c(-c4ccccc4)cc(-c4ccccc4)cc3c12)c1ccccc1.Cc1ccccc1. The zero-order valence-electron chi connectivity index (χ0n) is 31.5. The molecule has 2 heterocycles. The smallest absolute Gasteiger partial charge is 0.161 e.